The summed E-state index contributed by atoms with van der Waals surface area (Å²) in [4.78, 5) is 11.1. The van der Waals surface area contributed by atoms with Crippen LogP contribution in [-0.4, -0.2) is 29.7 Å². The van der Waals surface area contributed by atoms with Crippen molar-refractivity contribution in [2.24, 2.45) is 5.92 Å². The van der Waals surface area contributed by atoms with Crippen LogP contribution in [0, 0.1) is 5.92 Å². The van der Waals surface area contributed by atoms with Gasteiger partial charge in [-0.3, -0.25) is 0 Å². The summed E-state index contributed by atoms with van der Waals surface area (Å²) in [5.41, 5.74) is 0. The van der Waals surface area contributed by atoms with E-state index >= 15 is 0 Å². The van der Waals surface area contributed by atoms with Gasteiger partial charge in [0.1, 0.15) is 0 Å². The van der Waals surface area contributed by atoms with Crippen LogP contribution in [0.4, 0.5) is 5.95 Å². The Morgan fingerprint density at radius 1 is 1.53 bits per heavy atom. The van der Waals surface area contributed by atoms with Gasteiger partial charge in [0.15, 0.2) is 0 Å². The van der Waals surface area contributed by atoms with Crippen LogP contribution >= 0.6 is 15.9 Å². The highest BCUT2D eigenvalue weighted by atomic mass is 79.9. The van der Waals surface area contributed by atoms with Gasteiger partial charge in [0.25, 0.3) is 0 Å². The van der Waals surface area contributed by atoms with Gasteiger partial charge in [0.05, 0.1) is 17.8 Å². The molecule has 2 rings (SSSR count). The zero-order valence-electron chi connectivity index (χ0n) is 10.5. The van der Waals surface area contributed by atoms with E-state index < -0.39 is 0 Å². The lowest BCUT2D eigenvalue weighted by atomic mass is 10.3. The number of methoxy groups -OCH3 is 1. The molecule has 1 aromatic heterocycles. The second kappa shape index (κ2) is 5.21. The Kier molecular flexibility index (Phi) is 3.86. The van der Waals surface area contributed by atoms with E-state index in [2.05, 4.69) is 44.6 Å². The maximum atomic E-state index is 5.21. The van der Waals surface area contributed by atoms with Gasteiger partial charge in [-0.15, -0.1) is 0 Å². The van der Waals surface area contributed by atoms with Crippen LogP contribution in [-0.2, 0) is 0 Å². The van der Waals surface area contributed by atoms with Crippen LogP contribution in [0.3, 0.4) is 0 Å². The number of nitrogens with zero attached hydrogens (tertiary/aromatic N) is 3. The molecule has 17 heavy (non-hydrogen) atoms. The summed E-state index contributed by atoms with van der Waals surface area (Å²) < 4.78 is 6.00. The minimum Gasteiger partial charge on any atom is -0.480 e. The topological polar surface area (TPSA) is 38.2 Å². The molecule has 1 aromatic rings. The van der Waals surface area contributed by atoms with Crippen molar-refractivity contribution in [3.63, 3.8) is 0 Å². The molecule has 0 aliphatic heterocycles. The molecular formula is C12H18BrN3O. The van der Waals surface area contributed by atoms with Gasteiger partial charge in [-0.25, -0.2) is 4.98 Å². The highest BCUT2D eigenvalue weighted by Gasteiger charge is 2.27. The van der Waals surface area contributed by atoms with E-state index in [0.717, 1.165) is 22.9 Å². The lowest BCUT2D eigenvalue weighted by Crippen LogP contribution is -2.34. The molecule has 0 N–H and O–H groups in total. The van der Waals surface area contributed by atoms with Crippen LogP contribution in [0.2, 0.25) is 0 Å². The van der Waals surface area contributed by atoms with Crippen molar-refractivity contribution in [2.45, 2.75) is 32.7 Å². The fourth-order valence-electron chi connectivity index (χ4n) is 1.73. The van der Waals surface area contributed by atoms with Crippen molar-refractivity contribution in [2.75, 3.05) is 18.6 Å². The van der Waals surface area contributed by atoms with Crippen molar-refractivity contribution in [1.29, 1.82) is 0 Å². The van der Waals surface area contributed by atoms with Gasteiger partial charge in [-0.1, -0.05) is 0 Å². The highest BCUT2D eigenvalue weighted by Crippen LogP contribution is 2.32. The highest BCUT2D eigenvalue weighted by molar-refractivity contribution is 9.10. The van der Waals surface area contributed by atoms with Gasteiger partial charge in [-0.2, -0.15) is 4.98 Å². The molecule has 94 valence electrons. The van der Waals surface area contributed by atoms with E-state index in [0.29, 0.717) is 11.9 Å². The smallest absolute Gasteiger partial charge is 0.232 e. The normalized spacial score (nSPS) is 15.1. The number of hydrogen-bond acceptors (Lipinski definition) is 4. The molecule has 0 amide bonds. The zero-order chi connectivity index (χ0) is 12.4. The molecule has 0 unspecified atom stereocenters. The third-order valence-corrected chi connectivity index (χ3v) is 3.47. The summed E-state index contributed by atoms with van der Waals surface area (Å²) in [5.74, 6) is 2.17. The van der Waals surface area contributed by atoms with E-state index in [4.69, 9.17) is 4.74 Å². The molecule has 0 atom stereocenters. The summed E-state index contributed by atoms with van der Waals surface area (Å²) in [7, 11) is 1.62. The molecule has 0 aromatic carbocycles. The molecule has 0 saturated heterocycles. The quantitative estimate of drug-likeness (QED) is 0.838. The molecule has 1 fully saturated rings. The predicted octanol–water partition coefficient (Wildman–Crippen LogP) is 2.87. The summed E-state index contributed by atoms with van der Waals surface area (Å²) in [6.45, 7) is 5.38. The molecule has 1 aliphatic carbocycles. The minimum absolute atomic E-state index is 0.404. The molecule has 1 aliphatic rings. The lowest BCUT2D eigenvalue weighted by Gasteiger charge is -2.26. The first-order chi connectivity index (χ1) is 8.11. The van der Waals surface area contributed by atoms with E-state index in [-0.39, 0.29) is 0 Å². The minimum atomic E-state index is 0.404. The van der Waals surface area contributed by atoms with E-state index in [1.165, 1.54) is 12.8 Å². The zero-order valence-corrected chi connectivity index (χ0v) is 12.1. The van der Waals surface area contributed by atoms with E-state index in [1.807, 2.05) is 0 Å². The average molecular weight is 300 g/mol. The molecule has 5 heteroatoms. The van der Waals surface area contributed by atoms with Crippen LogP contribution in [0.5, 0.6) is 5.88 Å². The second-order valence-corrected chi connectivity index (χ2v) is 5.57. The Balaban J connectivity index is 2.21. The van der Waals surface area contributed by atoms with Crippen LogP contribution in [0.15, 0.2) is 10.7 Å². The first-order valence-corrected chi connectivity index (χ1v) is 6.74. The number of anilines is 1. The Morgan fingerprint density at radius 3 is 2.76 bits per heavy atom. The van der Waals surface area contributed by atoms with Crippen molar-refractivity contribution in [3.05, 3.63) is 10.7 Å². The maximum Gasteiger partial charge on any atom is 0.232 e. The Hall–Kier alpha value is -0.840. The standard InChI is InChI=1S/C12H18BrN3O/c1-8(2)16(7-9-4-5-9)12-14-6-10(13)11(15-12)17-3/h6,8-9H,4-5,7H2,1-3H3. The van der Waals surface area contributed by atoms with Gasteiger partial charge in [-0.05, 0) is 48.5 Å². The van der Waals surface area contributed by atoms with E-state index in [1.54, 1.807) is 13.3 Å². The summed E-state index contributed by atoms with van der Waals surface area (Å²) >= 11 is 3.37. The van der Waals surface area contributed by atoms with E-state index in [9.17, 15) is 0 Å². The largest absolute Gasteiger partial charge is 0.480 e. The first-order valence-electron chi connectivity index (χ1n) is 5.95. The SMILES string of the molecule is COc1nc(N(CC2CC2)C(C)C)ncc1Br. The predicted molar refractivity (Wildman–Crippen MR) is 71.5 cm³/mol. The Morgan fingerprint density at radius 2 is 2.24 bits per heavy atom. The number of hydrogen-bond donors (Lipinski definition) is 0. The van der Waals surface area contributed by atoms with Crippen LogP contribution in [0.25, 0.3) is 0 Å². The monoisotopic (exact) mass is 299 g/mol. The van der Waals surface area contributed by atoms with Crippen molar-refractivity contribution in [3.8, 4) is 5.88 Å². The van der Waals surface area contributed by atoms with Gasteiger partial charge >= 0.3 is 0 Å². The summed E-state index contributed by atoms with van der Waals surface area (Å²) in [5, 5.41) is 0. The van der Waals surface area contributed by atoms with Crippen molar-refractivity contribution in [1.82, 2.24) is 9.97 Å². The lowest BCUT2D eigenvalue weighted by molar-refractivity contribution is 0.393. The van der Waals surface area contributed by atoms with Crippen molar-refractivity contribution >= 4 is 21.9 Å². The fourth-order valence-corrected chi connectivity index (χ4v) is 2.08. The third-order valence-electron chi connectivity index (χ3n) is 2.92. The van der Waals surface area contributed by atoms with Gasteiger partial charge in [0.2, 0.25) is 11.8 Å². The molecule has 0 radical (unpaired) electrons. The molecule has 1 heterocycles. The summed E-state index contributed by atoms with van der Waals surface area (Å²) in [6, 6.07) is 0.404. The molecule has 0 bridgehead atoms. The van der Waals surface area contributed by atoms with Gasteiger partial charge < -0.3 is 9.64 Å². The van der Waals surface area contributed by atoms with Gasteiger partial charge in [0, 0.05) is 12.6 Å². The third kappa shape index (κ3) is 3.09. The van der Waals surface area contributed by atoms with Crippen LogP contribution < -0.4 is 9.64 Å². The second-order valence-electron chi connectivity index (χ2n) is 4.72. The molecular weight excluding hydrogens is 282 g/mol. The number of ether oxygens (including phenoxy) is 1. The first kappa shape index (κ1) is 12.6. The summed E-state index contributed by atoms with van der Waals surface area (Å²) in [6.07, 6.45) is 4.41. The Bertz CT molecular complexity index is 393. The fraction of sp³-hybridized carbons (Fsp3) is 0.667. The average Bonchev–Trinajstić information content (AvgIpc) is 3.10. The molecule has 4 nitrogen and oxygen atoms in total. The van der Waals surface area contributed by atoms with Crippen LogP contribution in [0.1, 0.15) is 26.7 Å². The number of aromatic nitrogens is 2. The maximum absolute atomic E-state index is 5.21. The molecule has 0 spiro atoms. The molecule has 1 saturated carbocycles. The Labute approximate surface area is 111 Å². The van der Waals surface area contributed by atoms with Crippen molar-refractivity contribution < 1.29 is 4.74 Å². The number of rotatable bonds is 5. The number of halogens is 1.